The molecule has 112 valence electrons. The van der Waals surface area contributed by atoms with Crippen molar-refractivity contribution >= 4 is 28.9 Å². The van der Waals surface area contributed by atoms with E-state index < -0.39 is 5.97 Å². The van der Waals surface area contributed by atoms with Crippen molar-refractivity contribution in [2.45, 2.75) is 33.7 Å². The molecule has 1 amide bonds. The monoisotopic (exact) mass is 307 g/mol. The molecule has 2 N–H and O–H groups in total. The lowest BCUT2D eigenvalue weighted by atomic mass is 10.2. The van der Waals surface area contributed by atoms with Gasteiger partial charge in [0.05, 0.1) is 11.4 Å². The summed E-state index contributed by atoms with van der Waals surface area (Å²) in [6.45, 7) is 6.08. The Morgan fingerprint density at radius 1 is 1.38 bits per heavy atom. The Morgan fingerprint density at radius 2 is 2.10 bits per heavy atom. The SMILES string of the molecule is Cc1cc(C)n(CCC(=O)Nc2c(C)csc2C(=O)O)n1. The fourth-order valence-corrected chi connectivity index (χ4v) is 2.91. The molecular formula is C14H17N3O3S. The first-order valence-electron chi connectivity index (χ1n) is 6.50. The maximum atomic E-state index is 12.0. The Morgan fingerprint density at radius 3 is 2.67 bits per heavy atom. The highest BCUT2D eigenvalue weighted by atomic mass is 32.1. The Labute approximate surface area is 126 Å². The van der Waals surface area contributed by atoms with Gasteiger partial charge in [-0.05, 0) is 37.8 Å². The van der Waals surface area contributed by atoms with Gasteiger partial charge in [0.2, 0.25) is 5.91 Å². The summed E-state index contributed by atoms with van der Waals surface area (Å²) in [6.07, 6.45) is 0.246. The van der Waals surface area contributed by atoms with Crippen LogP contribution < -0.4 is 5.32 Å². The maximum absolute atomic E-state index is 12.0. The van der Waals surface area contributed by atoms with Gasteiger partial charge in [-0.15, -0.1) is 11.3 Å². The van der Waals surface area contributed by atoms with Crippen LogP contribution in [-0.4, -0.2) is 26.8 Å². The van der Waals surface area contributed by atoms with E-state index in [4.69, 9.17) is 5.11 Å². The van der Waals surface area contributed by atoms with Crippen molar-refractivity contribution < 1.29 is 14.7 Å². The smallest absolute Gasteiger partial charge is 0.348 e. The number of aromatic carboxylic acids is 1. The van der Waals surface area contributed by atoms with Gasteiger partial charge < -0.3 is 10.4 Å². The second kappa shape index (κ2) is 6.09. The molecule has 0 saturated heterocycles. The average molecular weight is 307 g/mol. The van der Waals surface area contributed by atoms with Crippen LogP contribution in [0.1, 0.15) is 33.0 Å². The largest absolute Gasteiger partial charge is 0.477 e. The molecule has 0 spiro atoms. The van der Waals surface area contributed by atoms with Gasteiger partial charge in [-0.25, -0.2) is 4.79 Å². The van der Waals surface area contributed by atoms with Crippen LogP contribution in [0.2, 0.25) is 0 Å². The van der Waals surface area contributed by atoms with Crippen LogP contribution in [0.5, 0.6) is 0 Å². The molecule has 2 aromatic heterocycles. The van der Waals surface area contributed by atoms with Crippen LogP contribution in [-0.2, 0) is 11.3 Å². The van der Waals surface area contributed by atoms with Gasteiger partial charge in [-0.3, -0.25) is 9.48 Å². The number of anilines is 1. The minimum Gasteiger partial charge on any atom is -0.477 e. The van der Waals surface area contributed by atoms with Crippen molar-refractivity contribution in [3.63, 3.8) is 0 Å². The number of aryl methyl sites for hydroxylation is 4. The number of carbonyl (C=O) groups excluding carboxylic acids is 1. The standard InChI is InChI=1S/C14H17N3O3S/c1-8-7-21-13(14(19)20)12(8)15-11(18)4-5-17-10(3)6-9(2)16-17/h6-7H,4-5H2,1-3H3,(H,15,18)(H,19,20). The molecule has 6 nitrogen and oxygen atoms in total. The number of hydrogen-bond donors (Lipinski definition) is 2. The minimum atomic E-state index is -1.03. The van der Waals surface area contributed by atoms with Gasteiger partial charge in [-0.1, -0.05) is 0 Å². The minimum absolute atomic E-state index is 0.159. The van der Waals surface area contributed by atoms with Crippen LogP contribution in [0.4, 0.5) is 5.69 Å². The first-order chi connectivity index (χ1) is 9.88. The van der Waals surface area contributed by atoms with Crippen LogP contribution in [0.15, 0.2) is 11.4 Å². The van der Waals surface area contributed by atoms with E-state index in [1.807, 2.05) is 19.9 Å². The topological polar surface area (TPSA) is 84.2 Å². The highest BCUT2D eigenvalue weighted by Gasteiger charge is 2.17. The molecule has 0 saturated carbocycles. The van der Waals surface area contributed by atoms with Crippen LogP contribution in [0, 0.1) is 20.8 Å². The number of nitrogens with one attached hydrogen (secondary N) is 1. The molecule has 0 unspecified atom stereocenters. The molecule has 0 aliphatic rings. The second-order valence-corrected chi connectivity index (χ2v) is 5.76. The lowest BCUT2D eigenvalue weighted by molar-refractivity contribution is -0.116. The lowest BCUT2D eigenvalue weighted by Crippen LogP contribution is -2.17. The molecule has 7 heteroatoms. The number of carboxylic acids is 1. The van der Waals surface area contributed by atoms with Gasteiger partial charge in [0.1, 0.15) is 4.88 Å². The zero-order valence-electron chi connectivity index (χ0n) is 12.1. The summed E-state index contributed by atoms with van der Waals surface area (Å²) in [5, 5.41) is 17.8. The average Bonchev–Trinajstić information content (AvgIpc) is 2.91. The highest BCUT2D eigenvalue weighted by molar-refractivity contribution is 7.12. The van der Waals surface area contributed by atoms with E-state index in [2.05, 4.69) is 10.4 Å². The Kier molecular flexibility index (Phi) is 4.42. The molecule has 0 atom stereocenters. The molecule has 2 aromatic rings. The fraction of sp³-hybridized carbons (Fsp3) is 0.357. The molecule has 2 rings (SSSR count). The summed E-state index contributed by atoms with van der Waals surface area (Å²) >= 11 is 1.11. The van der Waals surface area contributed by atoms with Crippen molar-refractivity contribution in [2.24, 2.45) is 0 Å². The van der Waals surface area contributed by atoms with Crippen molar-refractivity contribution in [3.05, 3.63) is 33.3 Å². The van der Waals surface area contributed by atoms with Crippen molar-refractivity contribution in [1.29, 1.82) is 0 Å². The summed E-state index contributed by atoms with van der Waals surface area (Å²) in [5.74, 6) is -1.24. The maximum Gasteiger partial charge on any atom is 0.348 e. The molecule has 0 radical (unpaired) electrons. The van der Waals surface area contributed by atoms with Crippen molar-refractivity contribution in [3.8, 4) is 0 Å². The van der Waals surface area contributed by atoms with Gasteiger partial charge in [0, 0.05) is 18.7 Å². The lowest BCUT2D eigenvalue weighted by Gasteiger charge is -2.07. The zero-order valence-corrected chi connectivity index (χ0v) is 13.0. The quantitative estimate of drug-likeness (QED) is 0.889. The van der Waals surface area contributed by atoms with E-state index in [-0.39, 0.29) is 17.2 Å². The normalized spacial score (nSPS) is 10.6. The number of carbonyl (C=O) groups is 2. The van der Waals surface area contributed by atoms with Gasteiger partial charge in [-0.2, -0.15) is 5.10 Å². The predicted molar refractivity (Wildman–Crippen MR) is 81.0 cm³/mol. The zero-order chi connectivity index (χ0) is 15.6. The number of nitrogens with zero attached hydrogens (tertiary/aromatic N) is 2. The summed E-state index contributed by atoms with van der Waals surface area (Å²) in [5.41, 5.74) is 3.07. The van der Waals surface area contributed by atoms with Crippen LogP contribution >= 0.6 is 11.3 Å². The van der Waals surface area contributed by atoms with E-state index in [0.717, 1.165) is 28.3 Å². The summed E-state index contributed by atoms with van der Waals surface area (Å²) in [6, 6.07) is 1.95. The number of rotatable bonds is 5. The Bertz CT molecular complexity index is 688. The molecule has 0 fully saturated rings. The first-order valence-corrected chi connectivity index (χ1v) is 7.38. The third-order valence-corrected chi connectivity index (χ3v) is 4.17. The summed E-state index contributed by atoms with van der Waals surface area (Å²) in [7, 11) is 0. The molecule has 0 aliphatic carbocycles. The second-order valence-electron chi connectivity index (χ2n) is 4.88. The summed E-state index contributed by atoms with van der Waals surface area (Å²) in [4.78, 5) is 23.2. The first kappa shape index (κ1) is 15.2. The van der Waals surface area contributed by atoms with E-state index in [0.29, 0.717) is 12.2 Å². The van der Waals surface area contributed by atoms with Crippen molar-refractivity contribution in [1.82, 2.24) is 9.78 Å². The molecule has 0 bridgehead atoms. The van der Waals surface area contributed by atoms with Crippen molar-refractivity contribution in [2.75, 3.05) is 5.32 Å². The number of aromatic nitrogens is 2. The number of thiophene rings is 1. The molecule has 21 heavy (non-hydrogen) atoms. The number of carboxylic acid groups (broad SMARTS) is 1. The fourth-order valence-electron chi connectivity index (χ4n) is 2.07. The van der Waals surface area contributed by atoms with Gasteiger partial charge in [0.25, 0.3) is 0 Å². The van der Waals surface area contributed by atoms with Gasteiger partial charge >= 0.3 is 5.97 Å². The van der Waals surface area contributed by atoms with E-state index >= 15 is 0 Å². The predicted octanol–water partition coefficient (Wildman–Crippen LogP) is 2.60. The number of amides is 1. The van der Waals surface area contributed by atoms with Gasteiger partial charge in [0.15, 0.2) is 0 Å². The van der Waals surface area contributed by atoms with Crippen LogP contribution in [0.25, 0.3) is 0 Å². The molecule has 2 heterocycles. The number of hydrogen-bond acceptors (Lipinski definition) is 4. The molecular weight excluding hydrogens is 290 g/mol. The third kappa shape index (κ3) is 3.49. The van der Waals surface area contributed by atoms with Crippen LogP contribution in [0.3, 0.4) is 0 Å². The van der Waals surface area contributed by atoms with E-state index in [1.165, 1.54) is 0 Å². The third-order valence-electron chi connectivity index (χ3n) is 3.09. The Balaban J connectivity index is 2.01. The molecule has 0 aliphatic heterocycles. The molecule has 0 aromatic carbocycles. The Hall–Kier alpha value is -2.15. The summed E-state index contributed by atoms with van der Waals surface area (Å²) < 4.78 is 1.77. The van der Waals surface area contributed by atoms with E-state index in [9.17, 15) is 9.59 Å². The van der Waals surface area contributed by atoms with E-state index in [1.54, 1.807) is 17.0 Å². The highest BCUT2D eigenvalue weighted by Crippen LogP contribution is 2.27.